The van der Waals surface area contributed by atoms with E-state index in [1.165, 1.54) is 5.56 Å². The van der Waals surface area contributed by atoms with Gasteiger partial charge in [0.25, 0.3) is 0 Å². The van der Waals surface area contributed by atoms with Crippen molar-refractivity contribution in [3.8, 4) is 5.75 Å². The number of hydrogen-bond acceptors (Lipinski definition) is 2. The molecule has 0 bridgehead atoms. The molecule has 0 aliphatic heterocycles. The van der Waals surface area contributed by atoms with Gasteiger partial charge in [0.2, 0.25) is 0 Å². The number of fused-ring (bicyclic) bond motifs is 1. The fraction of sp³-hybridized carbons (Fsp3) is 0.0952. The average molecular weight is 314 g/mol. The molecule has 0 radical (unpaired) electrons. The lowest BCUT2D eigenvalue weighted by molar-refractivity contribution is 0.309. The minimum atomic E-state index is 0.542. The molecule has 0 fully saturated rings. The number of aromatic amines is 1. The average Bonchev–Trinajstić information content (AvgIpc) is 3.04. The summed E-state index contributed by atoms with van der Waals surface area (Å²) in [6.45, 7) is 0.542. The Morgan fingerprint density at radius 2 is 1.46 bits per heavy atom. The molecule has 0 aliphatic carbocycles. The van der Waals surface area contributed by atoms with Gasteiger partial charge in [0.05, 0.1) is 5.52 Å². The van der Waals surface area contributed by atoms with Crippen molar-refractivity contribution in [2.24, 2.45) is 0 Å². The number of H-pyrrole nitrogens is 1. The summed E-state index contributed by atoms with van der Waals surface area (Å²) in [4.78, 5) is 8.13. The molecule has 24 heavy (non-hydrogen) atoms. The Morgan fingerprint density at radius 3 is 2.21 bits per heavy atom. The van der Waals surface area contributed by atoms with Gasteiger partial charge in [-0.05, 0) is 23.3 Å². The minimum Gasteiger partial charge on any atom is -0.487 e. The van der Waals surface area contributed by atoms with Crippen molar-refractivity contribution in [1.29, 1.82) is 0 Å². The van der Waals surface area contributed by atoms with Gasteiger partial charge in [0, 0.05) is 6.42 Å². The second-order valence-corrected chi connectivity index (χ2v) is 5.77. The third kappa shape index (κ3) is 3.15. The molecule has 118 valence electrons. The van der Waals surface area contributed by atoms with Crippen molar-refractivity contribution in [2.45, 2.75) is 13.0 Å². The second kappa shape index (κ2) is 6.59. The largest absolute Gasteiger partial charge is 0.487 e. The molecule has 3 nitrogen and oxygen atoms in total. The second-order valence-electron chi connectivity index (χ2n) is 5.77. The first-order valence-corrected chi connectivity index (χ1v) is 8.07. The minimum absolute atomic E-state index is 0.542. The summed E-state index contributed by atoms with van der Waals surface area (Å²) in [5.74, 6) is 1.76. The summed E-state index contributed by atoms with van der Waals surface area (Å²) in [7, 11) is 0. The molecule has 3 heteroatoms. The number of benzene rings is 3. The van der Waals surface area contributed by atoms with E-state index in [1.54, 1.807) is 0 Å². The van der Waals surface area contributed by atoms with E-state index in [1.807, 2.05) is 54.6 Å². The van der Waals surface area contributed by atoms with E-state index in [4.69, 9.17) is 9.72 Å². The van der Waals surface area contributed by atoms with Crippen LogP contribution in [0.15, 0.2) is 78.9 Å². The van der Waals surface area contributed by atoms with Crippen molar-refractivity contribution < 1.29 is 4.74 Å². The molecule has 0 saturated heterocycles. The summed E-state index contributed by atoms with van der Waals surface area (Å²) in [5.41, 5.74) is 4.28. The molecule has 4 rings (SSSR count). The Hall–Kier alpha value is -3.07. The van der Waals surface area contributed by atoms with Gasteiger partial charge in [-0.15, -0.1) is 0 Å². The van der Waals surface area contributed by atoms with Crippen molar-refractivity contribution in [3.05, 3.63) is 95.8 Å². The highest BCUT2D eigenvalue weighted by atomic mass is 16.5. The SMILES string of the molecule is c1ccc(COc2cccc3[nH]c(Cc4ccccc4)nc23)cc1. The van der Waals surface area contributed by atoms with Crippen LogP contribution >= 0.6 is 0 Å². The number of imidazole rings is 1. The Labute approximate surface area is 140 Å². The fourth-order valence-corrected chi connectivity index (χ4v) is 2.78. The molecule has 0 atom stereocenters. The van der Waals surface area contributed by atoms with E-state index in [0.717, 1.165) is 34.6 Å². The van der Waals surface area contributed by atoms with E-state index in [-0.39, 0.29) is 0 Å². The standard InChI is InChI=1S/C21H18N2O/c1-3-8-16(9-4-1)14-20-22-18-12-7-13-19(21(18)23-20)24-15-17-10-5-2-6-11-17/h1-13H,14-15H2,(H,22,23). The van der Waals surface area contributed by atoms with Crippen molar-refractivity contribution in [1.82, 2.24) is 9.97 Å². The number of aromatic nitrogens is 2. The van der Waals surface area contributed by atoms with Crippen LogP contribution in [0.25, 0.3) is 11.0 Å². The van der Waals surface area contributed by atoms with Crippen LogP contribution in [-0.4, -0.2) is 9.97 Å². The zero-order chi connectivity index (χ0) is 16.2. The Kier molecular flexibility index (Phi) is 3.98. The monoisotopic (exact) mass is 314 g/mol. The van der Waals surface area contributed by atoms with Gasteiger partial charge in [-0.25, -0.2) is 4.98 Å². The maximum Gasteiger partial charge on any atom is 0.147 e. The molecular weight excluding hydrogens is 296 g/mol. The number of nitrogens with one attached hydrogen (secondary N) is 1. The van der Waals surface area contributed by atoms with Gasteiger partial charge in [-0.2, -0.15) is 0 Å². The predicted octanol–water partition coefficient (Wildman–Crippen LogP) is 4.73. The van der Waals surface area contributed by atoms with Gasteiger partial charge in [0.15, 0.2) is 0 Å². The molecule has 1 heterocycles. The van der Waals surface area contributed by atoms with Crippen molar-refractivity contribution >= 4 is 11.0 Å². The smallest absolute Gasteiger partial charge is 0.147 e. The van der Waals surface area contributed by atoms with Crippen LogP contribution < -0.4 is 4.74 Å². The summed E-state index contributed by atoms with van der Waals surface area (Å²) in [6.07, 6.45) is 0.785. The number of hydrogen-bond donors (Lipinski definition) is 1. The summed E-state index contributed by atoms with van der Waals surface area (Å²) >= 11 is 0. The number of ether oxygens (including phenoxy) is 1. The topological polar surface area (TPSA) is 37.9 Å². The molecule has 0 amide bonds. The lowest BCUT2D eigenvalue weighted by Gasteiger charge is -2.06. The van der Waals surface area contributed by atoms with Gasteiger partial charge in [-0.1, -0.05) is 66.7 Å². The molecule has 0 aliphatic rings. The maximum atomic E-state index is 5.99. The van der Waals surface area contributed by atoms with E-state index in [2.05, 4.69) is 29.2 Å². The first-order valence-electron chi connectivity index (χ1n) is 8.07. The fourth-order valence-electron chi connectivity index (χ4n) is 2.78. The van der Waals surface area contributed by atoms with Crippen LogP contribution in [0.3, 0.4) is 0 Å². The normalized spacial score (nSPS) is 10.8. The van der Waals surface area contributed by atoms with E-state index in [0.29, 0.717) is 6.61 Å². The lowest BCUT2D eigenvalue weighted by atomic mass is 10.1. The molecule has 0 saturated carbocycles. The van der Waals surface area contributed by atoms with Crippen molar-refractivity contribution in [2.75, 3.05) is 0 Å². The highest BCUT2D eigenvalue weighted by molar-refractivity contribution is 5.81. The van der Waals surface area contributed by atoms with E-state index < -0.39 is 0 Å². The number of para-hydroxylation sites is 1. The maximum absolute atomic E-state index is 5.99. The van der Waals surface area contributed by atoms with Crippen LogP contribution in [0.2, 0.25) is 0 Å². The summed E-state index contributed by atoms with van der Waals surface area (Å²) in [6, 6.07) is 26.5. The van der Waals surface area contributed by atoms with E-state index in [9.17, 15) is 0 Å². The Bertz CT molecular complexity index is 930. The van der Waals surface area contributed by atoms with Crippen molar-refractivity contribution in [3.63, 3.8) is 0 Å². The summed E-state index contributed by atoms with van der Waals surface area (Å²) < 4.78 is 5.99. The number of rotatable bonds is 5. The van der Waals surface area contributed by atoms with Crippen LogP contribution in [0.4, 0.5) is 0 Å². The number of nitrogens with zero attached hydrogens (tertiary/aromatic N) is 1. The molecular formula is C21H18N2O. The first-order chi connectivity index (χ1) is 11.9. The highest BCUT2D eigenvalue weighted by Crippen LogP contribution is 2.25. The third-order valence-electron chi connectivity index (χ3n) is 3.98. The van der Waals surface area contributed by atoms with Crippen LogP contribution in [0.1, 0.15) is 17.0 Å². The van der Waals surface area contributed by atoms with Crippen LogP contribution in [-0.2, 0) is 13.0 Å². The van der Waals surface area contributed by atoms with E-state index >= 15 is 0 Å². The molecule has 3 aromatic carbocycles. The lowest BCUT2D eigenvalue weighted by Crippen LogP contribution is -1.95. The van der Waals surface area contributed by atoms with Gasteiger partial charge >= 0.3 is 0 Å². The molecule has 1 aromatic heterocycles. The summed E-state index contributed by atoms with van der Waals surface area (Å²) in [5, 5.41) is 0. The zero-order valence-electron chi connectivity index (χ0n) is 13.3. The van der Waals surface area contributed by atoms with Crippen LogP contribution in [0.5, 0.6) is 5.75 Å². The molecule has 4 aromatic rings. The quantitative estimate of drug-likeness (QED) is 0.578. The Balaban J connectivity index is 1.58. The zero-order valence-corrected chi connectivity index (χ0v) is 13.3. The van der Waals surface area contributed by atoms with Gasteiger partial charge in [-0.3, -0.25) is 0 Å². The predicted molar refractivity (Wildman–Crippen MR) is 96.1 cm³/mol. The van der Waals surface area contributed by atoms with Crippen LogP contribution in [0, 0.1) is 0 Å². The van der Waals surface area contributed by atoms with Gasteiger partial charge < -0.3 is 9.72 Å². The molecule has 0 spiro atoms. The van der Waals surface area contributed by atoms with Gasteiger partial charge in [0.1, 0.15) is 23.7 Å². The highest BCUT2D eigenvalue weighted by Gasteiger charge is 2.09. The first kappa shape index (κ1) is 14.5. The molecule has 1 N–H and O–H groups in total. The third-order valence-corrected chi connectivity index (χ3v) is 3.98. The molecule has 0 unspecified atom stereocenters. The Morgan fingerprint density at radius 1 is 0.750 bits per heavy atom.